The molecule has 0 spiro atoms. The lowest BCUT2D eigenvalue weighted by Gasteiger charge is -2.26. The summed E-state index contributed by atoms with van der Waals surface area (Å²) in [6, 6.07) is 8.09. The van der Waals surface area contributed by atoms with Crippen LogP contribution in [0.5, 0.6) is 0 Å². The van der Waals surface area contributed by atoms with Crippen molar-refractivity contribution < 1.29 is 23.9 Å². The standard InChI is InChI=1S/C17H25N3O5/c1-17(2,3)25-16(23)20(13-8-5-4-6-9-13)12-14(21)24-11-7-10-19-15(18)22/h4-6,8-9H,7,10-12H2,1-3H3,(H3,18,19,22). The number of benzene rings is 1. The minimum Gasteiger partial charge on any atom is -0.464 e. The molecule has 8 nitrogen and oxygen atoms in total. The third-order valence-electron chi connectivity index (χ3n) is 2.85. The number of hydrogen-bond acceptors (Lipinski definition) is 5. The summed E-state index contributed by atoms with van der Waals surface area (Å²) in [5.74, 6) is -0.575. The SMILES string of the molecule is CC(C)(C)OC(=O)N(CC(=O)OCCCNC(N)=O)c1ccccc1. The lowest BCUT2D eigenvalue weighted by atomic mass is 10.2. The Kier molecular flexibility index (Phi) is 7.71. The number of rotatable bonds is 7. The largest absolute Gasteiger partial charge is 0.464 e. The molecular weight excluding hydrogens is 326 g/mol. The number of primary amides is 1. The van der Waals surface area contributed by atoms with Crippen molar-refractivity contribution in [1.82, 2.24) is 5.32 Å². The second-order valence-electron chi connectivity index (χ2n) is 6.27. The van der Waals surface area contributed by atoms with Crippen molar-refractivity contribution in [3.8, 4) is 0 Å². The quantitative estimate of drug-likeness (QED) is 0.577. The van der Waals surface area contributed by atoms with Crippen molar-refractivity contribution in [2.24, 2.45) is 5.73 Å². The number of esters is 1. The maximum atomic E-state index is 12.4. The van der Waals surface area contributed by atoms with Crippen molar-refractivity contribution in [2.75, 3.05) is 24.6 Å². The number of nitrogens with zero attached hydrogens (tertiary/aromatic N) is 1. The smallest absolute Gasteiger partial charge is 0.415 e. The zero-order valence-electron chi connectivity index (χ0n) is 14.8. The summed E-state index contributed by atoms with van der Waals surface area (Å²) in [5.41, 5.74) is 4.78. The predicted octanol–water partition coefficient (Wildman–Crippen LogP) is 2.03. The van der Waals surface area contributed by atoms with Crippen molar-refractivity contribution in [3.63, 3.8) is 0 Å². The third-order valence-corrected chi connectivity index (χ3v) is 2.85. The number of para-hydroxylation sites is 1. The number of ether oxygens (including phenoxy) is 2. The molecule has 0 radical (unpaired) electrons. The Hall–Kier alpha value is -2.77. The average molecular weight is 351 g/mol. The van der Waals surface area contributed by atoms with Crippen LogP contribution in [0.4, 0.5) is 15.3 Å². The molecule has 0 heterocycles. The molecule has 0 aliphatic carbocycles. The van der Waals surface area contributed by atoms with Gasteiger partial charge in [0.15, 0.2) is 0 Å². The summed E-state index contributed by atoms with van der Waals surface area (Å²) in [4.78, 5) is 36.1. The van der Waals surface area contributed by atoms with Crippen LogP contribution in [0.1, 0.15) is 27.2 Å². The summed E-state index contributed by atoms with van der Waals surface area (Å²) < 4.78 is 10.4. The van der Waals surface area contributed by atoms with E-state index in [1.54, 1.807) is 51.1 Å². The van der Waals surface area contributed by atoms with E-state index in [1.807, 2.05) is 0 Å². The Bertz CT molecular complexity index is 584. The summed E-state index contributed by atoms with van der Waals surface area (Å²) in [7, 11) is 0. The first kappa shape index (κ1) is 20.3. The summed E-state index contributed by atoms with van der Waals surface area (Å²) in [5, 5.41) is 2.39. The Labute approximate surface area is 147 Å². The van der Waals surface area contributed by atoms with Crippen LogP contribution in [0.15, 0.2) is 30.3 Å². The number of nitrogens with two attached hydrogens (primary N) is 1. The van der Waals surface area contributed by atoms with E-state index in [-0.39, 0.29) is 13.2 Å². The number of hydrogen-bond donors (Lipinski definition) is 2. The van der Waals surface area contributed by atoms with Gasteiger partial charge in [-0.15, -0.1) is 0 Å². The van der Waals surface area contributed by atoms with Gasteiger partial charge in [0.1, 0.15) is 12.1 Å². The molecular formula is C17H25N3O5. The number of carbonyl (C=O) groups excluding carboxylic acids is 3. The zero-order chi connectivity index (χ0) is 18.9. The molecule has 1 rings (SSSR count). The molecule has 25 heavy (non-hydrogen) atoms. The molecule has 138 valence electrons. The summed E-state index contributed by atoms with van der Waals surface area (Å²) >= 11 is 0. The second kappa shape index (κ2) is 9.51. The van der Waals surface area contributed by atoms with Crippen LogP contribution in [-0.4, -0.2) is 43.4 Å². The molecule has 3 amide bonds. The van der Waals surface area contributed by atoms with Gasteiger partial charge in [-0.1, -0.05) is 18.2 Å². The molecule has 3 N–H and O–H groups in total. The van der Waals surface area contributed by atoms with Crippen molar-refractivity contribution in [2.45, 2.75) is 32.8 Å². The van der Waals surface area contributed by atoms with E-state index in [4.69, 9.17) is 15.2 Å². The maximum Gasteiger partial charge on any atom is 0.415 e. The monoisotopic (exact) mass is 351 g/mol. The van der Waals surface area contributed by atoms with Gasteiger partial charge in [0, 0.05) is 12.2 Å². The van der Waals surface area contributed by atoms with Gasteiger partial charge in [-0.3, -0.25) is 9.69 Å². The highest BCUT2D eigenvalue weighted by molar-refractivity contribution is 5.93. The number of amides is 3. The molecule has 0 aliphatic heterocycles. The van der Waals surface area contributed by atoms with E-state index in [9.17, 15) is 14.4 Å². The molecule has 0 saturated carbocycles. The van der Waals surface area contributed by atoms with Gasteiger partial charge in [-0.25, -0.2) is 9.59 Å². The Morgan fingerprint density at radius 3 is 2.36 bits per heavy atom. The van der Waals surface area contributed by atoms with Gasteiger partial charge in [0.25, 0.3) is 0 Å². The van der Waals surface area contributed by atoms with Crippen molar-refractivity contribution in [3.05, 3.63) is 30.3 Å². The van der Waals surface area contributed by atoms with Gasteiger partial charge < -0.3 is 20.5 Å². The van der Waals surface area contributed by atoms with Crippen LogP contribution >= 0.6 is 0 Å². The van der Waals surface area contributed by atoms with Crippen LogP contribution in [0.25, 0.3) is 0 Å². The fourth-order valence-electron chi connectivity index (χ4n) is 1.83. The first-order valence-electron chi connectivity index (χ1n) is 7.93. The number of anilines is 1. The molecule has 0 fully saturated rings. The lowest BCUT2D eigenvalue weighted by molar-refractivity contribution is -0.142. The van der Waals surface area contributed by atoms with Crippen LogP contribution in [0.2, 0.25) is 0 Å². The number of urea groups is 1. The molecule has 0 saturated heterocycles. The molecule has 0 aliphatic rings. The van der Waals surface area contributed by atoms with Gasteiger partial charge >= 0.3 is 18.1 Å². The predicted molar refractivity (Wildman–Crippen MR) is 93.2 cm³/mol. The molecule has 1 aromatic carbocycles. The molecule has 0 atom stereocenters. The van der Waals surface area contributed by atoms with Gasteiger partial charge in [0.2, 0.25) is 0 Å². The van der Waals surface area contributed by atoms with Gasteiger partial charge in [0.05, 0.1) is 6.61 Å². The van der Waals surface area contributed by atoms with Crippen molar-refractivity contribution in [1.29, 1.82) is 0 Å². The fourth-order valence-corrected chi connectivity index (χ4v) is 1.83. The minimum atomic E-state index is -0.686. The van der Waals surface area contributed by atoms with E-state index >= 15 is 0 Å². The lowest BCUT2D eigenvalue weighted by Crippen LogP contribution is -2.40. The van der Waals surface area contributed by atoms with Gasteiger partial charge in [-0.05, 0) is 39.3 Å². The highest BCUT2D eigenvalue weighted by Crippen LogP contribution is 2.17. The third kappa shape index (κ3) is 8.59. The number of carbonyl (C=O) groups is 3. The molecule has 0 unspecified atom stereocenters. The van der Waals surface area contributed by atoms with Crippen LogP contribution < -0.4 is 16.0 Å². The normalized spacial score (nSPS) is 10.7. The summed E-state index contributed by atoms with van der Waals surface area (Å²) in [6.07, 6.45) is -0.210. The molecule has 0 aromatic heterocycles. The first-order chi connectivity index (χ1) is 11.7. The van der Waals surface area contributed by atoms with E-state index in [2.05, 4.69) is 5.32 Å². The van der Waals surface area contributed by atoms with E-state index < -0.39 is 23.7 Å². The topological polar surface area (TPSA) is 111 Å². The van der Waals surface area contributed by atoms with Crippen LogP contribution in [0.3, 0.4) is 0 Å². The first-order valence-corrected chi connectivity index (χ1v) is 7.93. The average Bonchev–Trinajstić information content (AvgIpc) is 2.51. The van der Waals surface area contributed by atoms with Gasteiger partial charge in [-0.2, -0.15) is 0 Å². The fraction of sp³-hybridized carbons (Fsp3) is 0.471. The Balaban J connectivity index is 2.63. The van der Waals surface area contributed by atoms with E-state index in [0.29, 0.717) is 18.7 Å². The Morgan fingerprint density at radius 1 is 1.16 bits per heavy atom. The summed E-state index contributed by atoms with van der Waals surface area (Å²) in [6.45, 7) is 5.38. The molecule has 1 aromatic rings. The van der Waals surface area contributed by atoms with Crippen LogP contribution in [-0.2, 0) is 14.3 Å². The number of nitrogens with one attached hydrogen (secondary N) is 1. The Morgan fingerprint density at radius 2 is 1.80 bits per heavy atom. The molecule has 8 heteroatoms. The van der Waals surface area contributed by atoms with E-state index in [0.717, 1.165) is 0 Å². The second-order valence-corrected chi connectivity index (χ2v) is 6.27. The maximum absolute atomic E-state index is 12.4. The minimum absolute atomic E-state index is 0.107. The zero-order valence-corrected chi connectivity index (χ0v) is 14.8. The van der Waals surface area contributed by atoms with E-state index in [1.165, 1.54) is 4.90 Å². The highest BCUT2D eigenvalue weighted by Gasteiger charge is 2.25. The van der Waals surface area contributed by atoms with Crippen molar-refractivity contribution >= 4 is 23.8 Å². The van der Waals surface area contributed by atoms with Crippen LogP contribution in [0, 0.1) is 0 Å². The highest BCUT2D eigenvalue weighted by atomic mass is 16.6. The molecule has 0 bridgehead atoms.